The molecule has 0 unspecified atom stereocenters. The molecule has 2 aromatic carbocycles. The largest absolute Gasteiger partial charge is 0.454 e. The van der Waals surface area contributed by atoms with Gasteiger partial charge in [0.05, 0.1) is 5.69 Å². The molecule has 0 bridgehead atoms. The molecule has 1 N–H and O–H groups in total. The van der Waals surface area contributed by atoms with Gasteiger partial charge in [-0.15, -0.1) is 0 Å². The lowest BCUT2D eigenvalue weighted by Gasteiger charge is -2.36. The molecule has 2 aromatic heterocycles. The molecular weight excluding hydrogens is 464 g/mol. The number of rotatable bonds is 4. The van der Waals surface area contributed by atoms with Crippen LogP contribution in [0.1, 0.15) is 17.3 Å². The van der Waals surface area contributed by atoms with E-state index in [1.807, 2.05) is 29.2 Å². The standard InChI is InChI=1S/C25H22N6O5/c1-15(32)16-2-4-17(5-3-16)29-8-10-30(11-9-29)24-26-13-19-22(27-24)28-25(34)31(23(19)33)18-6-7-20-21(12-18)36-14-35-20/h2-7,12-13H,8-11,14H2,1H3,(H,26,27,28,34). The average Bonchev–Trinajstić information content (AvgIpc) is 3.37. The maximum Gasteiger partial charge on any atom is 0.334 e. The number of carbonyl (C=O) groups is 1. The highest BCUT2D eigenvalue weighted by Gasteiger charge is 2.21. The zero-order chi connectivity index (χ0) is 24.8. The van der Waals surface area contributed by atoms with E-state index in [2.05, 4.69) is 19.9 Å². The predicted molar refractivity (Wildman–Crippen MR) is 133 cm³/mol. The highest BCUT2D eigenvalue weighted by Crippen LogP contribution is 2.33. The molecule has 2 aliphatic rings. The lowest BCUT2D eigenvalue weighted by molar-refractivity contribution is 0.101. The van der Waals surface area contributed by atoms with Crippen molar-refractivity contribution in [2.45, 2.75) is 6.92 Å². The van der Waals surface area contributed by atoms with Crippen LogP contribution in [0, 0.1) is 0 Å². The van der Waals surface area contributed by atoms with Gasteiger partial charge < -0.3 is 19.3 Å². The Hall–Kier alpha value is -4.67. The number of nitrogens with one attached hydrogen (secondary N) is 1. The van der Waals surface area contributed by atoms with Crippen molar-refractivity contribution < 1.29 is 14.3 Å². The maximum absolute atomic E-state index is 13.2. The normalized spacial score (nSPS) is 14.9. The van der Waals surface area contributed by atoms with E-state index in [9.17, 15) is 14.4 Å². The summed E-state index contributed by atoms with van der Waals surface area (Å²) in [6.07, 6.45) is 1.45. The minimum absolute atomic E-state index is 0.0421. The fraction of sp³-hybridized carbons (Fsp3) is 0.240. The number of piperazine rings is 1. The first kappa shape index (κ1) is 21.8. The van der Waals surface area contributed by atoms with Gasteiger partial charge in [0.25, 0.3) is 5.56 Å². The van der Waals surface area contributed by atoms with E-state index in [0.717, 1.165) is 23.3 Å². The molecule has 182 valence electrons. The van der Waals surface area contributed by atoms with Crippen LogP contribution in [-0.4, -0.2) is 58.3 Å². The average molecular weight is 486 g/mol. The molecule has 0 atom stereocenters. The molecule has 0 amide bonds. The fourth-order valence-corrected chi connectivity index (χ4v) is 4.48. The Morgan fingerprint density at radius 3 is 2.36 bits per heavy atom. The number of anilines is 2. The van der Waals surface area contributed by atoms with Gasteiger partial charge in [0.15, 0.2) is 22.9 Å². The van der Waals surface area contributed by atoms with Crippen LogP contribution in [0.15, 0.2) is 58.3 Å². The molecular formula is C25H22N6O5. The molecule has 4 heterocycles. The quantitative estimate of drug-likeness (QED) is 0.430. The number of benzene rings is 2. The van der Waals surface area contributed by atoms with Gasteiger partial charge in [-0.05, 0) is 43.3 Å². The number of carbonyl (C=O) groups excluding carboxylic acids is 1. The second kappa shape index (κ2) is 8.52. The first-order chi connectivity index (χ1) is 17.5. The molecule has 11 nitrogen and oxygen atoms in total. The monoisotopic (exact) mass is 486 g/mol. The lowest BCUT2D eigenvalue weighted by Crippen LogP contribution is -2.47. The fourth-order valence-electron chi connectivity index (χ4n) is 4.48. The summed E-state index contributed by atoms with van der Waals surface area (Å²) in [7, 11) is 0. The Balaban J connectivity index is 1.24. The van der Waals surface area contributed by atoms with Crippen LogP contribution in [0.3, 0.4) is 0 Å². The van der Waals surface area contributed by atoms with Crippen LogP contribution in [0.25, 0.3) is 16.7 Å². The van der Waals surface area contributed by atoms with E-state index in [-0.39, 0.29) is 23.6 Å². The third kappa shape index (κ3) is 3.74. The minimum atomic E-state index is -0.602. The molecule has 0 saturated carbocycles. The van der Waals surface area contributed by atoms with E-state index in [1.54, 1.807) is 25.1 Å². The number of ether oxygens (including phenoxy) is 2. The van der Waals surface area contributed by atoms with Crippen molar-refractivity contribution in [3.63, 3.8) is 0 Å². The number of H-pyrrole nitrogens is 1. The summed E-state index contributed by atoms with van der Waals surface area (Å²) in [5.41, 5.74) is 1.17. The number of aromatic amines is 1. The number of hydrogen-bond acceptors (Lipinski definition) is 9. The SMILES string of the molecule is CC(=O)c1ccc(N2CCN(c3ncc4c(=O)n(-c5ccc6c(c5)OCO6)c(=O)[nH]c4n3)CC2)cc1. The van der Waals surface area contributed by atoms with Gasteiger partial charge in [-0.3, -0.25) is 14.6 Å². The van der Waals surface area contributed by atoms with Crippen molar-refractivity contribution in [1.29, 1.82) is 0 Å². The third-order valence-electron chi connectivity index (χ3n) is 6.45. The summed E-state index contributed by atoms with van der Waals surface area (Å²) in [5.74, 6) is 1.52. The summed E-state index contributed by atoms with van der Waals surface area (Å²) in [5, 5.41) is 0.209. The Morgan fingerprint density at radius 2 is 1.61 bits per heavy atom. The molecule has 1 saturated heterocycles. The Bertz CT molecular complexity index is 1600. The van der Waals surface area contributed by atoms with Crippen molar-refractivity contribution in [1.82, 2.24) is 19.5 Å². The molecule has 11 heteroatoms. The summed E-state index contributed by atoms with van der Waals surface area (Å²) < 4.78 is 11.7. The van der Waals surface area contributed by atoms with E-state index < -0.39 is 11.2 Å². The van der Waals surface area contributed by atoms with E-state index in [1.165, 1.54) is 6.20 Å². The summed E-state index contributed by atoms with van der Waals surface area (Å²) >= 11 is 0. The second-order valence-electron chi connectivity index (χ2n) is 8.62. The molecule has 0 radical (unpaired) electrons. The topological polar surface area (TPSA) is 123 Å². The summed E-state index contributed by atoms with van der Waals surface area (Å²) in [6, 6.07) is 12.5. The highest BCUT2D eigenvalue weighted by molar-refractivity contribution is 5.94. The number of nitrogens with zero attached hydrogens (tertiary/aromatic N) is 5. The smallest absolute Gasteiger partial charge is 0.334 e. The van der Waals surface area contributed by atoms with Gasteiger partial charge in [-0.1, -0.05) is 0 Å². The molecule has 0 aliphatic carbocycles. The van der Waals surface area contributed by atoms with Crippen molar-refractivity contribution in [2.24, 2.45) is 0 Å². The van der Waals surface area contributed by atoms with Gasteiger partial charge in [-0.25, -0.2) is 14.3 Å². The zero-order valence-corrected chi connectivity index (χ0v) is 19.4. The third-order valence-corrected chi connectivity index (χ3v) is 6.45. The molecule has 6 rings (SSSR count). The van der Waals surface area contributed by atoms with Crippen LogP contribution in [-0.2, 0) is 0 Å². The van der Waals surface area contributed by atoms with E-state index >= 15 is 0 Å². The Kier molecular flexibility index (Phi) is 5.17. The van der Waals surface area contributed by atoms with E-state index in [0.29, 0.717) is 41.8 Å². The summed E-state index contributed by atoms with van der Waals surface area (Å²) in [4.78, 5) is 53.4. The van der Waals surface area contributed by atoms with Crippen LogP contribution < -0.4 is 30.5 Å². The number of Topliss-reactive ketones (excluding diaryl/α,β-unsaturated/α-hetero) is 1. The lowest BCUT2D eigenvalue weighted by atomic mass is 10.1. The molecule has 1 fully saturated rings. The van der Waals surface area contributed by atoms with E-state index in [4.69, 9.17) is 9.47 Å². The molecule has 36 heavy (non-hydrogen) atoms. The number of ketones is 1. The van der Waals surface area contributed by atoms with Crippen LogP contribution in [0.5, 0.6) is 11.5 Å². The predicted octanol–water partition coefficient (Wildman–Crippen LogP) is 1.73. The van der Waals surface area contributed by atoms with Gasteiger partial charge in [-0.2, -0.15) is 4.98 Å². The summed E-state index contributed by atoms with van der Waals surface area (Å²) in [6.45, 7) is 4.46. The second-order valence-corrected chi connectivity index (χ2v) is 8.62. The van der Waals surface area contributed by atoms with Gasteiger partial charge in [0.1, 0.15) is 5.39 Å². The van der Waals surface area contributed by atoms with Crippen molar-refractivity contribution in [3.8, 4) is 17.2 Å². The zero-order valence-electron chi connectivity index (χ0n) is 19.4. The highest BCUT2D eigenvalue weighted by atomic mass is 16.7. The van der Waals surface area contributed by atoms with Gasteiger partial charge in [0, 0.05) is 49.7 Å². The minimum Gasteiger partial charge on any atom is -0.454 e. The molecule has 4 aromatic rings. The Labute approximate surface area is 204 Å². The van der Waals surface area contributed by atoms with Crippen LogP contribution in [0.4, 0.5) is 11.6 Å². The van der Waals surface area contributed by atoms with Gasteiger partial charge >= 0.3 is 5.69 Å². The van der Waals surface area contributed by atoms with Crippen LogP contribution >= 0.6 is 0 Å². The first-order valence-electron chi connectivity index (χ1n) is 11.5. The van der Waals surface area contributed by atoms with Crippen molar-refractivity contribution in [2.75, 3.05) is 42.8 Å². The Morgan fingerprint density at radius 1 is 0.917 bits per heavy atom. The van der Waals surface area contributed by atoms with Crippen molar-refractivity contribution in [3.05, 3.63) is 75.1 Å². The number of aromatic nitrogens is 4. The van der Waals surface area contributed by atoms with Gasteiger partial charge in [0.2, 0.25) is 12.7 Å². The molecule has 2 aliphatic heterocycles. The first-order valence-corrected chi connectivity index (χ1v) is 11.5. The maximum atomic E-state index is 13.2. The number of fused-ring (bicyclic) bond motifs is 2. The van der Waals surface area contributed by atoms with Crippen LogP contribution in [0.2, 0.25) is 0 Å². The molecule has 0 spiro atoms. The number of hydrogen-bond donors (Lipinski definition) is 1. The van der Waals surface area contributed by atoms with Crippen molar-refractivity contribution >= 4 is 28.5 Å².